The molecule has 52 heavy (non-hydrogen) atoms. The van der Waals surface area contributed by atoms with Gasteiger partial charge in [-0.15, -0.1) is 0 Å². The fourth-order valence-electron chi connectivity index (χ4n) is 8.44. The molecule has 0 N–H and O–H groups in total. The average molecular weight is 664 g/mol. The van der Waals surface area contributed by atoms with Gasteiger partial charge in [0.25, 0.3) is 0 Å². The van der Waals surface area contributed by atoms with E-state index in [2.05, 4.69) is 164 Å². The number of nitriles is 1. The Morgan fingerprint density at radius 3 is 2.10 bits per heavy atom. The quantitative estimate of drug-likeness (QED) is 0.188. The lowest BCUT2D eigenvalue weighted by Gasteiger charge is -2.22. The van der Waals surface area contributed by atoms with Crippen LogP contribution in [0.25, 0.3) is 83.0 Å². The second-order valence-corrected chi connectivity index (χ2v) is 14.3. The number of pyridine rings is 1. The van der Waals surface area contributed by atoms with E-state index in [1.165, 1.54) is 38.5 Å². The maximum Gasteiger partial charge on any atom is 0.0991 e. The Labute approximate surface area is 302 Å². The van der Waals surface area contributed by atoms with Gasteiger partial charge in [0.1, 0.15) is 0 Å². The second-order valence-electron chi connectivity index (χ2n) is 14.3. The van der Waals surface area contributed by atoms with E-state index in [0.29, 0.717) is 5.56 Å². The molecule has 0 radical (unpaired) electrons. The molecular weight excluding hydrogens is 631 g/mol. The predicted octanol–water partition coefficient (Wildman–Crippen LogP) is 12.5. The van der Waals surface area contributed by atoms with E-state index in [1.807, 2.05) is 24.3 Å². The number of hydrogen-bond donors (Lipinski definition) is 0. The van der Waals surface area contributed by atoms with Crippen molar-refractivity contribution in [3.8, 4) is 56.4 Å². The summed E-state index contributed by atoms with van der Waals surface area (Å²) in [5.41, 5.74) is 16.5. The molecule has 0 fully saturated rings. The summed E-state index contributed by atoms with van der Waals surface area (Å²) in [5, 5.41) is 13.4. The second kappa shape index (κ2) is 11.4. The third-order valence-electron chi connectivity index (χ3n) is 11.0. The van der Waals surface area contributed by atoms with E-state index in [4.69, 9.17) is 4.98 Å². The summed E-state index contributed by atoms with van der Waals surface area (Å²) in [6.07, 6.45) is 0. The van der Waals surface area contributed by atoms with Crippen molar-refractivity contribution in [3.63, 3.8) is 0 Å². The molecule has 3 nitrogen and oxygen atoms in total. The van der Waals surface area contributed by atoms with Crippen molar-refractivity contribution in [1.29, 1.82) is 5.26 Å². The van der Waals surface area contributed by atoms with E-state index >= 15 is 0 Å². The van der Waals surface area contributed by atoms with Gasteiger partial charge in [-0.05, 0) is 105 Å². The van der Waals surface area contributed by atoms with Gasteiger partial charge in [-0.1, -0.05) is 117 Å². The molecule has 3 heteroatoms. The molecule has 0 spiro atoms. The number of hydrogen-bond acceptors (Lipinski definition) is 2. The van der Waals surface area contributed by atoms with Crippen LogP contribution in [0.3, 0.4) is 0 Å². The highest BCUT2D eigenvalue weighted by atomic mass is 15.0. The number of aromatic nitrogens is 2. The minimum atomic E-state index is -0.129. The summed E-state index contributed by atoms with van der Waals surface area (Å²) in [6, 6.07) is 60.6. The van der Waals surface area contributed by atoms with Crippen molar-refractivity contribution < 1.29 is 0 Å². The summed E-state index contributed by atoms with van der Waals surface area (Å²) in [6.45, 7) is 4.69. The van der Waals surface area contributed by atoms with Gasteiger partial charge in [0.05, 0.1) is 33.9 Å². The molecule has 0 saturated heterocycles. The van der Waals surface area contributed by atoms with Crippen molar-refractivity contribution in [3.05, 3.63) is 180 Å². The fraction of sp³-hybridized carbons (Fsp3) is 0.0612. The molecule has 0 unspecified atom stereocenters. The number of para-hydroxylation sites is 2. The van der Waals surface area contributed by atoms with Gasteiger partial charge in [0.15, 0.2) is 0 Å². The molecule has 0 bridgehead atoms. The molecular formula is C49H33N3. The molecule has 2 aromatic heterocycles. The van der Waals surface area contributed by atoms with Crippen LogP contribution in [0.4, 0.5) is 0 Å². The van der Waals surface area contributed by atoms with Gasteiger partial charge >= 0.3 is 0 Å². The van der Waals surface area contributed by atoms with Crippen LogP contribution in [0, 0.1) is 11.3 Å². The van der Waals surface area contributed by atoms with Crippen molar-refractivity contribution in [2.75, 3.05) is 0 Å². The first-order valence-electron chi connectivity index (χ1n) is 17.8. The lowest BCUT2D eigenvalue weighted by Crippen LogP contribution is -2.15. The zero-order chi connectivity index (χ0) is 35.0. The molecule has 0 amide bonds. The fourth-order valence-corrected chi connectivity index (χ4v) is 8.44. The van der Waals surface area contributed by atoms with Crippen LogP contribution < -0.4 is 0 Å². The van der Waals surface area contributed by atoms with E-state index in [0.717, 1.165) is 55.6 Å². The van der Waals surface area contributed by atoms with Gasteiger partial charge in [-0.2, -0.15) is 5.26 Å². The van der Waals surface area contributed by atoms with E-state index in [1.54, 1.807) is 0 Å². The van der Waals surface area contributed by atoms with Crippen LogP contribution in [0.2, 0.25) is 0 Å². The number of nitrogens with zero attached hydrogens (tertiary/aromatic N) is 3. The third kappa shape index (κ3) is 4.55. The molecule has 1 aliphatic rings. The van der Waals surface area contributed by atoms with E-state index in [9.17, 15) is 5.26 Å². The predicted molar refractivity (Wildman–Crippen MR) is 215 cm³/mol. The lowest BCUT2D eigenvalue weighted by atomic mass is 9.82. The van der Waals surface area contributed by atoms with E-state index in [-0.39, 0.29) is 5.41 Å². The van der Waals surface area contributed by atoms with Crippen LogP contribution in [-0.2, 0) is 5.41 Å². The molecule has 0 aliphatic heterocycles. The Kier molecular flexibility index (Phi) is 6.59. The summed E-state index contributed by atoms with van der Waals surface area (Å²) in [5.74, 6) is 0. The van der Waals surface area contributed by atoms with Crippen molar-refractivity contribution in [2.45, 2.75) is 19.3 Å². The van der Waals surface area contributed by atoms with Crippen molar-refractivity contribution in [1.82, 2.24) is 9.55 Å². The molecule has 0 atom stereocenters. The lowest BCUT2D eigenvalue weighted by molar-refractivity contribution is 0.661. The van der Waals surface area contributed by atoms with Gasteiger partial charge in [0.2, 0.25) is 0 Å². The van der Waals surface area contributed by atoms with Gasteiger partial charge in [-0.25, -0.2) is 4.98 Å². The van der Waals surface area contributed by atoms with Crippen LogP contribution in [0.1, 0.15) is 30.5 Å². The Morgan fingerprint density at radius 1 is 0.500 bits per heavy atom. The standard InChI is InChI=1S/C49H33N3/c1-49(2)43-20-9-6-17-37(43)41-27-42-39-19-8-11-22-47(39)52(48(42)29-44(41)49)36-25-34(33-16-12-13-31(23-33)30-50)24-35(26-36)40-28-46(32-14-4-3-5-15-32)51-45-21-10-7-18-38(40)45/h3-29H,1-2H3. The maximum atomic E-state index is 9.86. The molecule has 2 heterocycles. The van der Waals surface area contributed by atoms with Crippen molar-refractivity contribution in [2.24, 2.45) is 0 Å². The zero-order valence-electron chi connectivity index (χ0n) is 28.9. The number of rotatable bonds is 4. The average Bonchev–Trinajstić information content (AvgIpc) is 3.64. The van der Waals surface area contributed by atoms with Crippen LogP contribution in [0.15, 0.2) is 164 Å². The molecule has 9 aromatic rings. The zero-order valence-corrected chi connectivity index (χ0v) is 28.9. The largest absolute Gasteiger partial charge is 0.309 e. The van der Waals surface area contributed by atoms with Crippen LogP contribution >= 0.6 is 0 Å². The smallest absolute Gasteiger partial charge is 0.0991 e. The topological polar surface area (TPSA) is 41.6 Å². The summed E-state index contributed by atoms with van der Waals surface area (Å²) in [4.78, 5) is 5.11. The van der Waals surface area contributed by atoms with Gasteiger partial charge in [0, 0.05) is 32.8 Å². The number of benzene rings is 7. The molecule has 244 valence electrons. The minimum Gasteiger partial charge on any atom is -0.309 e. The van der Waals surface area contributed by atoms with Gasteiger partial charge < -0.3 is 4.57 Å². The monoisotopic (exact) mass is 663 g/mol. The normalized spacial score (nSPS) is 12.9. The molecule has 10 rings (SSSR count). The first kappa shape index (κ1) is 30.1. The van der Waals surface area contributed by atoms with E-state index < -0.39 is 0 Å². The Bertz CT molecular complexity index is 2940. The van der Waals surface area contributed by atoms with Crippen LogP contribution in [-0.4, -0.2) is 9.55 Å². The minimum absolute atomic E-state index is 0.129. The SMILES string of the molecule is CC1(C)c2ccccc2-c2cc3c4ccccc4n(-c4cc(-c5cccc(C#N)c5)cc(-c5cc(-c6ccccc6)nc6ccccc56)c4)c3cc21. The first-order chi connectivity index (χ1) is 25.5. The van der Waals surface area contributed by atoms with Gasteiger partial charge in [-0.3, -0.25) is 0 Å². The Balaban J connectivity index is 1.29. The highest BCUT2D eigenvalue weighted by Gasteiger charge is 2.36. The summed E-state index contributed by atoms with van der Waals surface area (Å²) >= 11 is 0. The molecule has 0 saturated carbocycles. The highest BCUT2D eigenvalue weighted by molar-refractivity contribution is 6.12. The summed E-state index contributed by atoms with van der Waals surface area (Å²) in [7, 11) is 0. The Morgan fingerprint density at radius 2 is 1.23 bits per heavy atom. The third-order valence-corrected chi connectivity index (χ3v) is 11.0. The van der Waals surface area contributed by atoms with Crippen LogP contribution in [0.5, 0.6) is 0 Å². The Hall–Kier alpha value is -6.76. The highest BCUT2D eigenvalue weighted by Crippen LogP contribution is 2.51. The number of fused-ring (bicyclic) bond motifs is 7. The maximum absolute atomic E-state index is 9.86. The van der Waals surface area contributed by atoms with Crippen molar-refractivity contribution >= 4 is 32.7 Å². The molecule has 1 aliphatic carbocycles. The first-order valence-corrected chi connectivity index (χ1v) is 17.8. The summed E-state index contributed by atoms with van der Waals surface area (Å²) < 4.78 is 2.44. The molecule has 7 aromatic carbocycles.